The number of thioether (sulfide) groups is 1. The Hall–Kier alpha value is -3.58. The van der Waals surface area contributed by atoms with Gasteiger partial charge in [0.05, 0.1) is 0 Å². The van der Waals surface area contributed by atoms with E-state index in [4.69, 9.17) is 0 Å². The number of nitrogens with one attached hydrogen (secondary N) is 2. The minimum Gasteiger partial charge on any atom is -0.318 e. The molecule has 1 aliphatic heterocycles. The van der Waals surface area contributed by atoms with Gasteiger partial charge in [0.1, 0.15) is 10.8 Å². The van der Waals surface area contributed by atoms with Gasteiger partial charge in [-0.1, -0.05) is 85.8 Å². The van der Waals surface area contributed by atoms with Crippen LogP contribution in [0.25, 0.3) is 0 Å². The van der Waals surface area contributed by atoms with Crippen LogP contribution >= 0.6 is 11.8 Å². The van der Waals surface area contributed by atoms with Crippen LogP contribution in [-0.4, -0.2) is 22.9 Å². The van der Waals surface area contributed by atoms with Gasteiger partial charge in [-0.2, -0.15) is 5.01 Å². The molecule has 2 N–H and O–H groups in total. The maximum Gasteiger partial charge on any atom is 0.344 e. The Morgan fingerprint density at radius 2 is 1.50 bits per heavy atom. The van der Waals surface area contributed by atoms with Crippen LogP contribution in [0.2, 0.25) is 0 Å². The SMILES string of the molecule is CC[C@@]1(c2ccccc2)NC(=O)N(NC(=O)[C@H](Sc2ccccc2)c2ccccc2)C1=O. The number of benzene rings is 3. The fourth-order valence-electron chi connectivity index (χ4n) is 3.74. The quantitative estimate of drug-likeness (QED) is 0.417. The number of carbonyl (C=O) groups excluding carboxylic acids is 3. The molecule has 162 valence electrons. The van der Waals surface area contributed by atoms with Crippen molar-refractivity contribution >= 4 is 29.6 Å². The number of carbonyl (C=O) groups is 3. The molecule has 1 heterocycles. The normalized spacial score (nSPS) is 18.8. The summed E-state index contributed by atoms with van der Waals surface area (Å²) >= 11 is 1.36. The number of urea groups is 1. The second-order valence-electron chi connectivity index (χ2n) is 7.39. The van der Waals surface area contributed by atoms with Crippen LogP contribution < -0.4 is 10.7 Å². The number of hydrogen-bond acceptors (Lipinski definition) is 4. The summed E-state index contributed by atoms with van der Waals surface area (Å²) in [5, 5.41) is 2.94. The van der Waals surface area contributed by atoms with Crippen molar-refractivity contribution in [3.05, 3.63) is 102 Å². The largest absolute Gasteiger partial charge is 0.344 e. The first kappa shape index (κ1) is 21.6. The van der Waals surface area contributed by atoms with E-state index in [0.29, 0.717) is 12.0 Å². The predicted molar refractivity (Wildman–Crippen MR) is 123 cm³/mol. The molecule has 6 nitrogen and oxygen atoms in total. The Balaban J connectivity index is 1.60. The molecule has 0 saturated carbocycles. The molecule has 2 atom stereocenters. The fraction of sp³-hybridized carbons (Fsp3) is 0.160. The van der Waals surface area contributed by atoms with Crippen LogP contribution in [0.15, 0.2) is 95.9 Å². The lowest BCUT2D eigenvalue weighted by Crippen LogP contribution is -2.49. The molecule has 3 aromatic carbocycles. The second kappa shape index (κ2) is 9.28. The highest BCUT2D eigenvalue weighted by Gasteiger charge is 2.52. The maximum absolute atomic E-state index is 13.3. The highest BCUT2D eigenvalue weighted by molar-refractivity contribution is 8.00. The van der Waals surface area contributed by atoms with E-state index in [1.807, 2.05) is 85.8 Å². The van der Waals surface area contributed by atoms with Crippen molar-refractivity contribution < 1.29 is 14.4 Å². The van der Waals surface area contributed by atoms with Gasteiger partial charge in [-0.05, 0) is 29.7 Å². The Bertz CT molecular complexity index is 1110. The van der Waals surface area contributed by atoms with E-state index in [9.17, 15) is 14.4 Å². The molecule has 0 bridgehead atoms. The molecule has 3 aromatic rings. The van der Waals surface area contributed by atoms with Crippen LogP contribution in [0, 0.1) is 0 Å². The molecule has 4 amide bonds. The van der Waals surface area contributed by atoms with E-state index < -0.39 is 28.6 Å². The van der Waals surface area contributed by atoms with Gasteiger partial charge in [0.2, 0.25) is 0 Å². The predicted octanol–water partition coefficient (Wildman–Crippen LogP) is 4.41. The first-order valence-corrected chi connectivity index (χ1v) is 11.2. The van der Waals surface area contributed by atoms with Crippen LogP contribution in [0.4, 0.5) is 4.79 Å². The Labute approximate surface area is 191 Å². The topological polar surface area (TPSA) is 78.5 Å². The monoisotopic (exact) mass is 445 g/mol. The summed E-state index contributed by atoms with van der Waals surface area (Å²) in [6.07, 6.45) is 0.356. The third kappa shape index (κ3) is 4.11. The molecule has 0 spiro atoms. The molecule has 32 heavy (non-hydrogen) atoms. The zero-order valence-corrected chi connectivity index (χ0v) is 18.3. The molecule has 4 rings (SSSR count). The van der Waals surface area contributed by atoms with E-state index in [1.54, 1.807) is 12.1 Å². The summed E-state index contributed by atoms with van der Waals surface area (Å²) in [4.78, 5) is 40.3. The summed E-state index contributed by atoms with van der Waals surface area (Å²) in [7, 11) is 0. The van der Waals surface area contributed by atoms with Gasteiger partial charge in [-0.15, -0.1) is 11.8 Å². The lowest BCUT2D eigenvalue weighted by molar-refractivity contribution is -0.139. The number of rotatable bonds is 7. The van der Waals surface area contributed by atoms with Crippen LogP contribution in [0.3, 0.4) is 0 Å². The van der Waals surface area contributed by atoms with E-state index >= 15 is 0 Å². The van der Waals surface area contributed by atoms with Crippen molar-refractivity contribution in [3.8, 4) is 0 Å². The summed E-state index contributed by atoms with van der Waals surface area (Å²) in [6.45, 7) is 1.83. The van der Waals surface area contributed by atoms with Gasteiger partial charge in [0, 0.05) is 4.90 Å². The summed E-state index contributed by atoms with van der Waals surface area (Å²) in [5.41, 5.74) is 2.81. The first-order chi connectivity index (χ1) is 15.5. The number of imide groups is 1. The fourth-order valence-corrected chi connectivity index (χ4v) is 4.78. The molecule has 0 aliphatic carbocycles. The van der Waals surface area contributed by atoms with Crippen molar-refractivity contribution in [3.63, 3.8) is 0 Å². The minimum absolute atomic E-state index is 0.356. The molecular formula is C25H23N3O3S. The zero-order chi connectivity index (χ0) is 22.6. The lowest BCUT2D eigenvalue weighted by Gasteiger charge is -2.26. The first-order valence-electron chi connectivity index (χ1n) is 10.3. The summed E-state index contributed by atoms with van der Waals surface area (Å²) in [5.74, 6) is -0.949. The zero-order valence-electron chi connectivity index (χ0n) is 17.5. The molecule has 1 aliphatic rings. The third-order valence-electron chi connectivity index (χ3n) is 5.45. The van der Waals surface area contributed by atoms with E-state index in [-0.39, 0.29) is 0 Å². The van der Waals surface area contributed by atoms with Crippen LogP contribution in [0.1, 0.15) is 29.7 Å². The minimum atomic E-state index is -1.21. The van der Waals surface area contributed by atoms with Crippen LogP contribution in [-0.2, 0) is 15.1 Å². The number of amides is 4. The van der Waals surface area contributed by atoms with Crippen molar-refractivity contribution in [2.45, 2.75) is 29.0 Å². The number of hydrogen-bond donors (Lipinski definition) is 2. The highest BCUT2D eigenvalue weighted by atomic mass is 32.2. The van der Waals surface area contributed by atoms with E-state index in [1.165, 1.54) is 11.8 Å². The molecular weight excluding hydrogens is 422 g/mol. The smallest absolute Gasteiger partial charge is 0.318 e. The van der Waals surface area contributed by atoms with Crippen molar-refractivity contribution in [2.24, 2.45) is 0 Å². The Morgan fingerprint density at radius 1 is 0.938 bits per heavy atom. The van der Waals surface area contributed by atoms with Crippen LogP contribution in [0.5, 0.6) is 0 Å². The molecule has 7 heteroatoms. The number of hydrazine groups is 1. The van der Waals surface area contributed by atoms with Gasteiger partial charge in [-0.25, -0.2) is 4.79 Å². The average Bonchev–Trinajstić information content (AvgIpc) is 3.09. The van der Waals surface area contributed by atoms with Gasteiger partial charge >= 0.3 is 6.03 Å². The molecule has 1 saturated heterocycles. The lowest BCUT2D eigenvalue weighted by atomic mass is 9.87. The maximum atomic E-state index is 13.3. The van der Waals surface area contributed by atoms with Crippen molar-refractivity contribution in [1.29, 1.82) is 0 Å². The molecule has 0 radical (unpaired) electrons. The number of nitrogens with zero attached hydrogens (tertiary/aromatic N) is 1. The second-order valence-corrected chi connectivity index (χ2v) is 8.57. The van der Waals surface area contributed by atoms with Gasteiger partial charge in [0.25, 0.3) is 11.8 Å². The van der Waals surface area contributed by atoms with E-state index in [2.05, 4.69) is 10.7 Å². The molecule has 1 fully saturated rings. The van der Waals surface area contributed by atoms with Gasteiger partial charge < -0.3 is 5.32 Å². The Morgan fingerprint density at radius 3 is 2.09 bits per heavy atom. The van der Waals surface area contributed by atoms with Crippen molar-refractivity contribution in [2.75, 3.05) is 0 Å². The van der Waals surface area contributed by atoms with Crippen molar-refractivity contribution in [1.82, 2.24) is 15.8 Å². The summed E-state index contributed by atoms with van der Waals surface area (Å²) in [6, 6.07) is 27.2. The summed E-state index contributed by atoms with van der Waals surface area (Å²) < 4.78 is 0. The molecule has 0 unspecified atom stereocenters. The van der Waals surface area contributed by atoms with Gasteiger partial charge in [0.15, 0.2) is 0 Å². The van der Waals surface area contributed by atoms with Gasteiger partial charge in [-0.3, -0.25) is 15.0 Å². The Kier molecular flexibility index (Phi) is 6.28. The third-order valence-corrected chi connectivity index (χ3v) is 6.71. The average molecular weight is 446 g/mol. The van der Waals surface area contributed by atoms with E-state index in [0.717, 1.165) is 15.5 Å². The molecule has 0 aromatic heterocycles. The standard InChI is InChI=1S/C25H23N3O3S/c1-2-25(19-14-8-4-9-15-19)23(30)28(24(31)26-25)27-22(29)21(18-12-6-3-7-13-18)32-20-16-10-5-11-17-20/h3-17,21H,2H2,1H3,(H,26,31)(H,27,29)/t21-,25+/m1/s1. The highest BCUT2D eigenvalue weighted by Crippen LogP contribution is 2.36.